The summed E-state index contributed by atoms with van der Waals surface area (Å²) in [5, 5.41) is 4.49. The van der Waals surface area contributed by atoms with E-state index < -0.39 is 0 Å². The Morgan fingerprint density at radius 3 is 2.81 bits per heavy atom. The van der Waals surface area contributed by atoms with E-state index in [1.54, 1.807) is 6.07 Å². The summed E-state index contributed by atoms with van der Waals surface area (Å²) in [7, 11) is 0. The van der Waals surface area contributed by atoms with Gasteiger partial charge in [-0.15, -0.1) is 0 Å². The summed E-state index contributed by atoms with van der Waals surface area (Å²) < 4.78 is 8.74. The summed E-state index contributed by atoms with van der Waals surface area (Å²) in [6.07, 6.45) is 1.98. The van der Waals surface area contributed by atoms with Crippen LogP contribution < -0.4 is 4.90 Å². The first-order valence-electron chi connectivity index (χ1n) is 8.72. The lowest BCUT2D eigenvalue weighted by Crippen LogP contribution is -2.35. The molecule has 2 aromatic heterocycles. The number of rotatable bonds is 3. The van der Waals surface area contributed by atoms with Crippen molar-refractivity contribution in [1.82, 2.24) is 9.78 Å². The van der Waals surface area contributed by atoms with Crippen LogP contribution in [-0.2, 0) is 13.0 Å². The molecule has 3 aromatic rings. The van der Waals surface area contributed by atoms with Crippen molar-refractivity contribution in [3.8, 4) is 0 Å². The average Bonchev–Trinajstić information content (AvgIpc) is 3.22. The van der Waals surface area contributed by atoms with Gasteiger partial charge in [-0.3, -0.25) is 9.48 Å². The van der Waals surface area contributed by atoms with E-state index in [9.17, 15) is 4.79 Å². The van der Waals surface area contributed by atoms with Crippen molar-refractivity contribution in [2.24, 2.45) is 0 Å². The predicted molar refractivity (Wildman–Crippen MR) is 104 cm³/mol. The third-order valence-corrected chi connectivity index (χ3v) is 5.97. The Kier molecular flexibility index (Phi) is 4.44. The molecule has 1 aliphatic rings. The smallest absolute Gasteiger partial charge is 0.293 e. The van der Waals surface area contributed by atoms with Gasteiger partial charge in [0.25, 0.3) is 5.91 Å². The number of carbonyl (C=O) groups excluding carboxylic acids is 1. The van der Waals surface area contributed by atoms with Crippen LogP contribution in [-0.4, -0.2) is 22.2 Å². The Labute approximate surface area is 160 Å². The summed E-state index contributed by atoms with van der Waals surface area (Å²) in [6.45, 7) is 5.18. The number of anilines is 1. The maximum absolute atomic E-state index is 13.0. The number of benzene rings is 1. The molecule has 6 heteroatoms. The number of para-hydroxylation sites is 1. The van der Waals surface area contributed by atoms with Crippen LogP contribution in [0.15, 0.2) is 45.3 Å². The normalized spacial score (nSPS) is 13.7. The molecular formula is C20H20BrN3O2. The Bertz CT molecular complexity index is 973. The van der Waals surface area contributed by atoms with E-state index >= 15 is 0 Å². The van der Waals surface area contributed by atoms with Gasteiger partial charge in [0.15, 0.2) is 5.76 Å². The van der Waals surface area contributed by atoms with E-state index in [1.807, 2.05) is 47.7 Å². The van der Waals surface area contributed by atoms with Crippen LogP contribution >= 0.6 is 15.9 Å². The largest absolute Gasteiger partial charge is 0.454 e. The first kappa shape index (κ1) is 17.1. The molecule has 5 nitrogen and oxygen atoms in total. The van der Waals surface area contributed by atoms with Crippen molar-refractivity contribution in [1.29, 1.82) is 0 Å². The highest BCUT2D eigenvalue weighted by Gasteiger charge is 2.25. The average molecular weight is 414 g/mol. The van der Waals surface area contributed by atoms with Gasteiger partial charge < -0.3 is 9.32 Å². The second-order valence-electron chi connectivity index (χ2n) is 6.60. The topological polar surface area (TPSA) is 51.3 Å². The number of aromatic nitrogens is 2. The molecule has 0 bridgehead atoms. The van der Waals surface area contributed by atoms with Gasteiger partial charge in [-0.25, -0.2) is 0 Å². The summed E-state index contributed by atoms with van der Waals surface area (Å²) in [5.74, 6) is 1.01. The van der Waals surface area contributed by atoms with Crippen LogP contribution in [0.1, 0.15) is 39.7 Å². The molecular weight excluding hydrogens is 394 g/mol. The lowest BCUT2D eigenvalue weighted by molar-refractivity contribution is 0.0956. The van der Waals surface area contributed by atoms with E-state index in [2.05, 4.69) is 27.1 Å². The molecule has 1 amide bonds. The molecule has 3 heterocycles. The Morgan fingerprint density at radius 1 is 1.23 bits per heavy atom. The monoisotopic (exact) mass is 413 g/mol. The van der Waals surface area contributed by atoms with Gasteiger partial charge in [0.1, 0.15) is 5.76 Å². The minimum atomic E-state index is -0.0852. The van der Waals surface area contributed by atoms with Gasteiger partial charge in [-0.1, -0.05) is 18.2 Å². The van der Waals surface area contributed by atoms with E-state index in [-0.39, 0.29) is 5.91 Å². The van der Waals surface area contributed by atoms with Crippen LogP contribution in [0.4, 0.5) is 5.69 Å². The molecule has 26 heavy (non-hydrogen) atoms. The predicted octanol–water partition coefficient (Wildman–Crippen LogP) is 4.50. The van der Waals surface area contributed by atoms with E-state index in [4.69, 9.17) is 4.42 Å². The summed E-state index contributed by atoms with van der Waals surface area (Å²) in [6, 6.07) is 11.7. The number of carbonyl (C=O) groups is 1. The molecule has 0 saturated heterocycles. The lowest BCUT2D eigenvalue weighted by atomic mass is 10.0. The number of fused-ring (bicyclic) bond motifs is 1. The molecule has 0 saturated carbocycles. The Hall–Kier alpha value is -2.34. The minimum Gasteiger partial charge on any atom is -0.454 e. The Morgan fingerprint density at radius 2 is 2.04 bits per heavy atom. The molecule has 1 aromatic carbocycles. The van der Waals surface area contributed by atoms with Crippen molar-refractivity contribution >= 4 is 27.5 Å². The molecule has 1 aliphatic heterocycles. The van der Waals surface area contributed by atoms with Gasteiger partial charge >= 0.3 is 0 Å². The molecule has 0 atom stereocenters. The zero-order valence-corrected chi connectivity index (χ0v) is 16.4. The number of hydrogen-bond donors (Lipinski definition) is 0. The standard InChI is InChI=1S/C20H20BrN3O2/c1-13-19(21)14(2)24(22-13)12-16-9-10-18(26-16)20(25)23-11-5-7-15-6-3-4-8-17(15)23/h3-4,6,8-10H,5,7,11-12H2,1-2H3. The zero-order valence-electron chi connectivity index (χ0n) is 14.8. The number of amides is 1. The quantitative estimate of drug-likeness (QED) is 0.634. The molecule has 0 radical (unpaired) electrons. The highest BCUT2D eigenvalue weighted by atomic mass is 79.9. The highest BCUT2D eigenvalue weighted by molar-refractivity contribution is 9.10. The Balaban J connectivity index is 1.57. The fourth-order valence-corrected chi connectivity index (χ4v) is 3.72. The minimum absolute atomic E-state index is 0.0852. The first-order valence-corrected chi connectivity index (χ1v) is 9.52. The van der Waals surface area contributed by atoms with Crippen LogP contribution in [0.5, 0.6) is 0 Å². The van der Waals surface area contributed by atoms with Gasteiger partial charge in [-0.05, 0) is 66.4 Å². The van der Waals surface area contributed by atoms with Crippen LogP contribution in [0.3, 0.4) is 0 Å². The second-order valence-corrected chi connectivity index (χ2v) is 7.39. The summed E-state index contributed by atoms with van der Waals surface area (Å²) >= 11 is 3.53. The van der Waals surface area contributed by atoms with Crippen LogP contribution in [0.25, 0.3) is 0 Å². The van der Waals surface area contributed by atoms with Crippen molar-refractivity contribution in [2.45, 2.75) is 33.2 Å². The van der Waals surface area contributed by atoms with Crippen LogP contribution in [0.2, 0.25) is 0 Å². The SMILES string of the molecule is Cc1nn(Cc2ccc(C(=O)N3CCCc4ccccc43)o2)c(C)c1Br. The van der Waals surface area contributed by atoms with Crippen molar-refractivity contribution in [3.63, 3.8) is 0 Å². The molecule has 0 unspecified atom stereocenters. The molecule has 134 valence electrons. The number of halogens is 1. The van der Waals surface area contributed by atoms with Crippen molar-refractivity contribution < 1.29 is 9.21 Å². The zero-order chi connectivity index (χ0) is 18.3. The number of nitrogens with zero attached hydrogens (tertiary/aromatic N) is 3. The molecule has 0 fully saturated rings. The third-order valence-electron chi connectivity index (χ3n) is 4.83. The molecule has 0 spiro atoms. The van der Waals surface area contributed by atoms with E-state index in [1.165, 1.54) is 5.56 Å². The first-order chi connectivity index (χ1) is 12.5. The summed E-state index contributed by atoms with van der Waals surface area (Å²) in [4.78, 5) is 14.8. The van der Waals surface area contributed by atoms with Gasteiger partial charge in [-0.2, -0.15) is 5.10 Å². The van der Waals surface area contributed by atoms with E-state index in [0.29, 0.717) is 12.3 Å². The second kappa shape index (κ2) is 6.76. The number of aryl methyl sites for hydroxylation is 2. The van der Waals surface area contributed by atoms with Gasteiger partial charge in [0.2, 0.25) is 0 Å². The maximum atomic E-state index is 13.0. The maximum Gasteiger partial charge on any atom is 0.293 e. The number of hydrogen-bond acceptors (Lipinski definition) is 3. The summed E-state index contributed by atoms with van der Waals surface area (Å²) in [5.41, 5.74) is 4.18. The van der Waals surface area contributed by atoms with Crippen molar-refractivity contribution in [3.05, 3.63) is 69.3 Å². The molecule has 4 rings (SSSR count). The van der Waals surface area contributed by atoms with Gasteiger partial charge in [0, 0.05) is 12.2 Å². The van der Waals surface area contributed by atoms with E-state index in [0.717, 1.165) is 46.7 Å². The van der Waals surface area contributed by atoms with Crippen molar-refractivity contribution in [2.75, 3.05) is 11.4 Å². The fraction of sp³-hybridized carbons (Fsp3) is 0.300. The lowest BCUT2D eigenvalue weighted by Gasteiger charge is -2.28. The number of furan rings is 1. The fourth-order valence-electron chi connectivity index (χ4n) is 3.43. The third kappa shape index (κ3) is 2.98. The molecule has 0 N–H and O–H groups in total. The molecule has 0 aliphatic carbocycles. The van der Waals surface area contributed by atoms with Gasteiger partial charge in [0.05, 0.1) is 22.4 Å². The highest BCUT2D eigenvalue weighted by Crippen LogP contribution is 2.28. The van der Waals surface area contributed by atoms with Crippen LogP contribution in [0, 0.1) is 13.8 Å².